The second-order valence-corrected chi connectivity index (χ2v) is 5.23. The first-order chi connectivity index (χ1) is 10.7. The van der Waals surface area contributed by atoms with Crippen molar-refractivity contribution in [2.45, 2.75) is 19.3 Å². The summed E-state index contributed by atoms with van der Waals surface area (Å²) in [5, 5.41) is 0. The van der Waals surface area contributed by atoms with Crippen LogP contribution in [0.1, 0.15) is 35.2 Å². The first-order valence-corrected chi connectivity index (χ1v) is 7.37. The Morgan fingerprint density at radius 3 is 2.64 bits per heavy atom. The molecule has 1 aromatic rings. The Morgan fingerprint density at radius 2 is 2.00 bits per heavy atom. The van der Waals surface area contributed by atoms with E-state index in [2.05, 4.69) is 16.9 Å². The minimum atomic E-state index is -0.378. The molecule has 1 aliphatic carbocycles. The van der Waals surface area contributed by atoms with E-state index in [9.17, 15) is 9.59 Å². The highest BCUT2D eigenvalue weighted by Gasteiger charge is 2.11. The summed E-state index contributed by atoms with van der Waals surface area (Å²) in [6, 6.07) is 6.82. The molecule has 1 atom stereocenters. The topological polar surface area (TPSA) is 52.6 Å². The van der Waals surface area contributed by atoms with E-state index < -0.39 is 0 Å². The predicted molar refractivity (Wildman–Crippen MR) is 84.3 cm³/mol. The molecule has 0 aromatic heterocycles. The second kappa shape index (κ2) is 8.17. The molecule has 0 saturated heterocycles. The molecule has 0 fully saturated rings. The quantitative estimate of drug-likeness (QED) is 0.475. The van der Waals surface area contributed by atoms with Crippen molar-refractivity contribution < 1.29 is 19.1 Å². The van der Waals surface area contributed by atoms with Crippen LogP contribution in [0.5, 0.6) is 0 Å². The van der Waals surface area contributed by atoms with Crippen molar-refractivity contribution in [1.29, 1.82) is 0 Å². The minimum absolute atomic E-state index is 0.341. The van der Waals surface area contributed by atoms with Crippen molar-refractivity contribution >= 4 is 18.0 Å². The van der Waals surface area contributed by atoms with Crippen molar-refractivity contribution in [2.75, 3.05) is 13.7 Å². The molecule has 0 radical (unpaired) electrons. The highest BCUT2D eigenvalue weighted by Crippen LogP contribution is 2.18. The molecule has 0 spiro atoms. The molecule has 0 bridgehead atoms. The summed E-state index contributed by atoms with van der Waals surface area (Å²) in [6.45, 7) is 0.467. The number of carbonyl (C=O) groups is 2. The zero-order valence-corrected chi connectivity index (χ0v) is 12.7. The van der Waals surface area contributed by atoms with Gasteiger partial charge in [-0.25, -0.2) is 9.59 Å². The normalized spacial score (nSPS) is 17.4. The molecular formula is C18H20O4. The zero-order valence-electron chi connectivity index (χ0n) is 12.7. The van der Waals surface area contributed by atoms with E-state index in [1.807, 2.05) is 0 Å². The fourth-order valence-electron chi connectivity index (χ4n) is 2.27. The van der Waals surface area contributed by atoms with Crippen LogP contribution < -0.4 is 0 Å². The molecule has 1 unspecified atom stereocenters. The summed E-state index contributed by atoms with van der Waals surface area (Å²) < 4.78 is 9.88. The number of rotatable bonds is 5. The third kappa shape index (κ3) is 4.88. The fourth-order valence-corrected chi connectivity index (χ4v) is 2.27. The molecule has 2 rings (SSSR count). The van der Waals surface area contributed by atoms with E-state index in [0.29, 0.717) is 18.1 Å². The van der Waals surface area contributed by atoms with Gasteiger partial charge in [0.25, 0.3) is 0 Å². The number of carbonyl (C=O) groups excluding carboxylic acids is 2. The number of esters is 2. The summed E-state index contributed by atoms with van der Waals surface area (Å²) in [7, 11) is 1.34. The Balaban J connectivity index is 1.81. The number of hydrogen-bond donors (Lipinski definition) is 0. The van der Waals surface area contributed by atoms with Gasteiger partial charge >= 0.3 is 11.9 Å². The van der Waals surface area contributed by atoms with Crippen molar-refractivity contribution in [3.63, 3.8) is 0 Å². The smallest absolute Gasteiger partial charge is 0.337 e. The summed E-state index contributed by atoms with van der Waals surface area (Å²) in [4.78, 5) is 23.0. The number of hydrogen-bond acceptors (Lipinski definition) is 4. The van der Waals surface area contributed by atoms with Crippen LogP contribution in [0.2, 0.25) is 0 Å². The van der Waals surface area contributed by atoms with E-state index in [0.717, 1.165) is 24.8 Å². The molecule has 22 heavy (non-hydrogen) atoms. The van der Waals surface area contributed by atoms with E-state index in [-0.39, 0.29) is 11.9 Å². The van der Waals surface area contributed by atoms with Gasteiger partial charge in [-0.1, -0.05) is 24.3 Å². The van der Waals surface area contributed by atoms with E-state index in [1.54, 1.807) is 30.3 Å². The van der Waals surface area contributed by atoms with Crippen molar-refractivity contribution in [3.8, 4) is 0 Å². The molecular weight excluding hydrogens is 280 g/mol. The molecule has 0 aliphatic heterocycles. The Morgan fingerprint density at radius 1 is 1.23 bits per heavy atom. The third-order valence-electron chi connectivity index (χ3n) is 3.58. The highest BCUT2D eigenvalue weighted by molar-refractivity contribution is 5.90. The lowest BCUT2D eigenvalue weighted by Crippen LogP contribution is -2.13. The lowest BCUT2D eigenvalue weighted by Gasteiger charge is -2.16. The maximum atomic E-state index is 11.7. The van der Waals surface area contributed by atoms with Gasteiger partial charge in [0.1, 0.15) is 0 Å². The summed E-state index contributed by atoms with van der Waals surface area (Å²) in [5.74, 6) is -0.287. The van der Waals surface area contributed by atoms with Crippen LogP contribution >= 0.6 is 0 Å². The Labute approximate surface area is 130 Å². The molecule has 1 aromatic carbocycles. The molecule has 0 N–H and O–H groups in total. The molecule has 4 nitrogen and oxygen atoms in total. The molecule has 1 aliphatic rings. The molecule has 116 valence electrons. The fraction of sp³-hybridized carbons (Fsp3) is 0.333. The third-order valence-corrected chi connectivity index (χ3v) is 3.58. The van der Waals surface area contributed by atoms with Gasteiger partial charge in [0.15, 0.2) is 0 Å². The maximum absolute atomic E-state index is 11.7. The summed E-state index contributed by atoms with van der Waals surface area (Å²) in [5.41, 5.74) is 1.30. The van der Waals surface area contributed by atoms with E-state index in [1.165, 1.54) is 13.2 Å². The Hall–Kier alpha value is -2.36. The molecule has 4 heteroatoms. The molecule has 0 heterocycles. The summed E-state index contributed by atoms with van der Waals surface area (Å²) >= 11 is 0. The first-order valence-electron chi connectivity index (χ1n) is 7.37. The summed E-state index contributed by atoms with van der Waals surface area (Å²) in [6.07, 6.45) is 10.5. The minimum Gasteiger partial charge on any atom is -0.465 e. The largest absolute Gasteiger partial charge is 0.465 e. The number of benzene rings is 1. The van der Waals surface area contributed by atoms with Gasteiger partial charge in [-0.2, -0.15) is 0 Å². The van der Waals surface area contributed by atoms with Gasteiger partial charge in [-0.15, -0.1) is 0 Å². The van der Waals surface area contributed by atoms with Gasteiger partial charge < -0.3 is 9.47 Å². The Bertz CT molecular complexity index is 569. The number of allylic oxidation sites excluding steroid dienone is 2. The van der Waals surface area contributed by atoms with Crippen LogP contribution in [0.15, 0.2) is 42.5 Å². The molecule has 0 amide bonds. The van der Waals surface area contributed by atoms with Crippen molar-refractivity contribution in [2.24, 2.45) is 5.92 Å². The lowest BCUT2D eigenvalue weighted by molar-refractivity contribution is -0.139. The monoisotopic (exact) mass is 300 g/mol. The van der Waals surface area contributed by atoms with Gasteiger partial charge in [0, 0.05) is 6.08 Å². The second-order valence-electron chi connectivity index (χ2n) is 5.23. The average molecular weight is 300 g/mol. The van der Waals surface area contributed by atoms with Crippen LogP contribution in [-0.4, -0.2) is 25.7 Å². The van der Waals surface area contributed by atoms with Crippen molar-refractivity contribution in [3.05, 3.63) is 53.6 Å². The maximum Gasteiger partial charge on any atom is 0.337 e. The molecule has 0 saturated carbocycles. The zero-order chi connectivity index (χ0) is 15.8. The van der Waals surface area contributed by atoms with Crippen LogP contribution in [0.4, 0.5) is 0 Å². The van der Waals surface area contributed by atoms with Crippen LogP contribution in [0.3, 0.4) is 0 Å². The van der Waals surface area contributed by atoms with E-state index >= 15 is 0 Å². The van der Waals surface area contributed by atoms with Gasteiger partial charge in [-0.3, -0.25) is 0 Å². The van der Waals surface area contributed by atoms with Gasteiger partial charge in [-0.05, 0) is 49.0 Å². The van der Waals surface area contributed by atoms with Gasteiger partial charge in [0.05, 0.1) is 19.3 Å². The standard InChI is InChI=1S/C18H20O4/c1-21-18(20)16-10-7-14(8-11-16)9-12-17(19)22-13-15-5-3-2-4-6-15/h2-3,7-12,15H,4-6,13H2,1H3. The van der Waals surface area contributed by atoms with Crippen LogP contribution in [0.25, 0.3) is 6.08 Å². The van der Waals surface area contributed by atoms with Crippen LogP contribution in [0, 0.1) is 5.92 Å². The Kier molecular flexibility index (Phi) is 5.95. The van der Waals surface area contributed by atoms with E-state index in [4.69, 9.17) is 4.74 Å². The van der Waals surface area contributed by atoms with Crippen LogP contribution in [-0.2, 0) is 14.3 Å². The average Bonchev–Trinajstić information content (AvgIpc) is 2.58. The first kappa shape index (κ1) is 16.0. The SMILES string of the molecule is COC(=O)c1ccc(C=CC(=O)OCC2CC=CCC2)cc1. The number of ether oxygens (including phenoxy) is 2. The lowest BCUT2D eigenvalue weighted by atomic mass is 9.95. The predicted octanol–water partition coefficient (Wildman–Crippen LogP) is 3.39. The van der Waals surface area contributed by atoms with Crippen molar-refractivity contribution in [1.82, 2.24) is 0 Å². The number of methoxy groups -OCH3 is 1. The highest BCUT2D eigenvalue weighted by atomic mass is 16.5. The van der Waals surface area contributed by atoms with Gasteiger partial charge in [0.2, 0.25) is 0 Å².